The van der Waals surface area contributed by atoms with Crippen molar-refractivity contribution in [2.24, 2.45) is 0 Å². The zero-order valence-electron chi connectivity index (χ0n) is 12.5. The van der Waals surface area contributed by atoms with E-state index in [1.165, 1.54) is 10.4 Å². The average Bonchev–Trinajstić information content (AvgIpc) is 2.84. The number of hydrogen-bond donors (Lipinski definition) is 1. The minimum absolute atomic E-state index is 0.320. The molecule has 1 aromatic heterocycles. The zero-order chi connectivity index (χ0) is 15.4. The molecule has 114 valence electrons. The number of halogens is 2. The third kappa shape index (κ3) is 4.46. The van der Waals surface area contributed by atoms with E-state index in [-0.39, 0.29) is 0 Å². The second-order valence-electron chi connectivity index (χ2n) is 5.08. The second kappa shape index (κ2) is 7.63. The van der Waals surface area contributed by atoms with Gasteiger partial charge in [-0.05, 0) is 53.2 Å². The molecule has 1 N–H and O–H groups in total. The highest BCUT2D eigenvalue weighted by Crippen LogP contribution is 2.30. The van der Waals surface area contributed by atoms with E-state index in [9.17, 15) is 0 Å². The standard InChI is InChI=1S/C16H20BrClN2S/c1-4-19-11(2)12-5-6-16(15(18)7-12)20(3)9-14-8-13(17)10-21-14/h5-8,10-11,19H,4,9H2,1-3H3. The molecule has 0 aliphatic heterocycles. The van der Waals surface area contributed by atoms with Gasteiger partial charge in [-0.15, -0.1) is 11.3 Å². The van der Waals surface area contributed by atoms with Gasteiger partial charge in [-0.25, -0.2) is 0 Å². The highest BCUT2D eigenvalue weighted by atomic mass is 79.9. The van der Waals surface area contributed by atoms with Crippen molar-refractivity contribution in [3.63, 3.8) is 0 Å². The molecule has 0 saturated heterocycles. The Labute approximate surface area is 144 Å². The fraction of sp³-hybridized carbons (Fsp3) is 0.375. The SMILES string of the molecule is CCNC(C)c1ccc(N(C)Cc2cc(Br)cs2)c(Cl)c1. The quantitative estimate of drug-likeness (QED) is 0.707. The molecular weight excluding hydrogens is 368 g/mol. The van der Waals surface area contributed by atoms with E-state index in [0.717, 1.165) is 28.3 Å². The van der Waals surface area contributed by atoms with E-state index < -0.39 is 0 Å². The van der Waals surface area contributed by atoms with E-state index >= 15 is 0 Å². The first kappa shape index (κ1) is 16.8. The maximum atomic E-state index is 6.46. The van der Waals surface area contributed by atoms with Crippen molar-refractivity contribution in [1.82, 2.24) is 5.32 Å². The number of rotatable bonds is 6. The third-order valence-electron chi connectivity index (χ3n) is 3.41. The van der Waals surface area contributed by atoms with Crippen LogP contribution in [0.5, 0.6) is 0 Å². The van der Waals surface area contributed by atoms with Crippen LogP contribution < -0.4 is 10.2 Å². The Kier molecular flexibility index (Phi) is 6.11. The average molecular weight is 388 g/mol. The minimum atomic E-state index is 0.320. The lowest BCUT2D eigenvalue weighted by Crippen LogP contribution is -2.19. The molecule has 1 unspecified atom stereocenters. The minimum Gasteiger partial charge on any atom is -0.368 e. The summed E-state index contributed by atoms with van der Waals surface area (Å²) in [4.78, 5) is 3.49. The molecule has 0 amide bonds. The van der Waals surface area contributed by atoms with E-state index in [1.807, 2.05) is 0 Å². The zero-order valence-corrected chi connectivity index (χ0v) is 15.6. The van der Waals surface area contributed by atoms with Crippen molar-refractivity contribution in [2.75, 3.05) is 18.5 Å². The summed E-state index contributed by atoms with van der Waals surface area (Å²) in [7, 11) is 2.07. The Morgan fingerprint density at radius 1 is 1.38 bits per heavy atom. The molecule has 1 heterocycles. The molecule has 2 nitrogen and oxygen atoms in total. The highest BCUT2D eigenvalue weighted by Gasteiger charge is 2.11. The normalized spacial score (nSPS) is 12.4. The van der Waals surface area contributed by atoms with Crippen LogP contribution in [0.3, 0.4) is 0 Å². The largest absolute Gasteiger partial charge is 0.368 e. The highest BCUT2D eigenvalue weighted by molar-refractivity contribution is 9.10. The van der Waals surface area contributed by atoms with Gasteiger partial charge in [0.2, 0.25) is 0 Å². The maximum absolute atomic E-state index is 6.46. The predicted octanol–water partition coefficient (Wildman–Crippen LogP) is 5.47. The number of nitrogens with zero attached hydrogens (tertiary/aromatic N) is 1. The van der Waals surface area contributed by atoms with Crippen molar-refractivity contribution in [1.29, 1.82) is 0 Å². The summed E-state index contributed by atoms with van der Waals surface area (Å²) in [6.07, 6.45) is 0. The summed E-state index contributed by atoms with van der Waals surface area (Å²) < 4.78 is 1.14. The Morgan fingerprint density at radius 2 is 2.14 bits per heavy atom. The molecule has 1 atom stereocenters. The van der Waals surface area contributed by atoms with E-state index in [1.54, 1.807) is 11.3 Å². The molecule has 1 aromatic carbocycles. The Balaban J connectivity index is 2.12. The van der Waals surface area contributed by atoms with Crippen molar-refractivity contribution in [3.05, 3.63) is 49.6 Å². The summed E-state index contributed by atoms with van der Waals surface area (Å²) in [5.41, 5.74) is 2.28. The van der Waals surface area contributed by atoms with Gasteiger partial charge < -0.3 is 10.2 Å². The lowest BCUT2D eigenvalue weighted by Gasteiger charge is -2.21. The molecule has 0 radical (unpaired) electrons. The summed E-state index contributed by atoms with van der Waals surface area (Å²) >= 11 is 11.7. The fourth-order valence-corrected chi connectivity index (χ4v) is 4.12. The van der Waals surface area contributed by atoms with E-state index in [4.69, 9.17) is 11.6 Å². The number of thiophene rings is 1. The van der Waals surface area contributed by atoms with Gasteiger partial charge in [0.1, 0.15) is 0 Å². The molecule has 21 heavy (non-hydrogen) atoms. The predicted molar refractivity (Wildman–Crippen MR) is 97.7 cm³/mol. The van der Waals surface area contributed by atoms with Crippen LogP contribution in [0.4, 0.5) is 5.69 Å². The molecule has 0 bridgehead atoms. The smallest absolute Gasteiger partial charge is 0.0642 e. The van der Waals surface area contributed by atoms with Crippen LogP contribution in [0.2, 0.25) is 5.02 Å². The molecule has 0 spiro atoms. The number of hydrogen-bond acceptors (Lipinski definition) is 3. The van der Waals surface area contributed by atoms with Gasteiger partial charge in [0, 0.05) is 27.8 Å². The summed E-state index contributed by atoms with van der Waals surface area (Å²) in [5.74, 6) is 0. The van der Waals surface area contributed by atoms with Crippen LogP contribution in [0.15, 0.2) is 34.1 Å². The Bertz CT molecular complexity index is 600. The van der Waals surface area contributed by atoms with E-state index in [0.29, 0.717) is 6.04 Å². The van der Waals surface area contributed by atoms with E-state index in [2.05, 4.69) is 76.7 Å². The summed E-state index contributed by atoms with van der Waals surface area (Å²) in [5, 5.41) is 6.31. The lowest BCUT2D eigenvalue weighted by atomic mass is 10.1. The van der Waals surface area contributed by atoms with Crippen molar-refractivity contribution in [3.8, 4) is 0 Å². The van der Waals surface area contributed by atoms with Crippen LogP contribution in [0.25, 0.3) is 0 Å². The van der Waals surface area contributed by atoms with Crippen molar-refractivity contribution < 1.29 is 0 Å². The first-order chi connectivity index (χ1) is 10.0. The molecule has 0 aliphatic carbocycles. The van der Waals surface area contributed by atoms with Gasteiger partial charge >= 0.3 is 0 Å². The van der Waals surface area contributed by atoms with Gasteiger partial charge in [0.25, 0.3) is 0 Å². The molecule has 5 heteroatoms. The number of nitrogens with one attached hydrogen (secondary N) is 1. The third-order valence-corrected chi connectivity index (χ3v) is 5.39. The van der Waals surface area contributed by atoms with Crippen LogP contribution in [-0.4, -0.2) is 13.6 Å². The van der Waals surface area contributed by atoms with Gasteiger partial charge in [-0.3, -0.25) is 0 Å². The number of benzene rings is 1. The van der Waals surface area contributed by atoms with Gasteiger partial charge in [0.05, 0.1) is 17.3 Å². The molecule has 0 fully saturated rings. The molecule has 0 aliphatic rings. The van der Waals surface area contributed by atoms with Crippen molar-refractivity contribution in [2.45, 2.75) is 26.4 Å². The summed E-state index contributed by atoms with van der Waals surface area (Å²) in [6, 6.07) is 8.78. The summed E-state index contributed by atoms with van der Waals surface area (Å²) in [6.45, 7) is 6.08. The fourth-order valence-electron chi connectivity index (χ4n) is 2.28. The first-order valence-electron chi connectivity index (χ1n) is 6.98. The monoisotopic (exact) mass is 386 g/mol. The van der Waals surface area contributed by atoms with Crippen LogP contribution in [0, 0.1) is 0 Å². The Hall–Kier alpha value is -0.550. The molecule has 0 saturated carbocycles. The maximum Gasteiger partial charge on any atom is 0.0642 e. The van der Waals surface area contributed by atoms with Crippen LogP contribution in [-0.2, 0) is 6.54 Å². The van der Waals surface area contributed by atoms with Gasteiger partial charge in [0.15, 0.2) is 0 Å². The van der Waals surface area contributed by atoms with Gasteiger partial charge in [-0.1, -0.05) is 24.6 Å². The van der Waals surface area contributed by atoms with Crippen molar-refractivity contribution >= 4 is 44.6 Å². The van der Waals surface area contributed by atoms with Crippen LogP contribution >= 0.6 is 38.9 Å². The topological polar surface area (TPSA) is 15.3 Å². The van der Waals surface area contributed by atoms with Gasteiger partial charge in [-0.2, -0.15) is 0 Å². The number of anilines is 1. The lowest BCUT2D eigenvalue weighted by molar-refractivity contribution is 0.598. The molecule has 2 rings (SSSR count). The molecule has 2 aromatic rings. The van der Waals surface area contributed by atoms with Crippen LogP contribution in [0.1, 0.15) is 30.3 Å². The second-order valence-corrected chi connectivity index (χ2v) is 7.40. The first-order valence-corrected chi connectivity index (χ1v) is 9.03. The Morgan fingerprint density at radius 3 is 2.71 bits per heavy atom. The molecular formula is C16H20BrClN2S.